The van der Waals surface area contributed by atoms with Crippen LogP contribution in [0.4, 0.5) is 0 Å². The molecule has 1 rings (SSSR count). The highest BCUT2D eigenvalue weighted by Crippen LogP contribution is 2.07. The van der Waals surface area contributed by atoms with Gasteiger partial charge in [0.1, 0.15) is 0 Å². The van der Waals surface area contributed by atoms with Gasteiger partial charge in [-0.05, 0) is 32.6 Å². The van der Waals surface area contributed by atoms with E-state index < -0.39 is 0 Å². The second kappa shape index (κ2) is 6.69. The molecular formula is C13H25N3. The van der Waals surface area contributed by atoms with E-state index in [-0.39, 0.29) is 0 Å². The van der Waals surface area contributed by atoms with Gasteiger partial charge in [0.15, 0.2) is 0 Å². The first-order valence-corrected chi connectivity index (χ1v) is 6.29. The Labute approximate surface area is 99.3 Å². The van der Waals surface area contributed by atoms with Crippen LogP contribution >= 0.6 is 0 Å². The standard InChI is InChI=1S/C13H25N3/c1-11(2)5-6-12(3)15-13(4)9-16-8-7-14-10-16/h7-8,10-13,15H,5-6,9H2,1-4H3. The number of imidazole rings is 1. The quantitative estimate of drug-likeness (QED) is 0.770. The minimum atomic E-state index is 0.497. The second-order valence-electron chi connectivity index (χ2n) is 5.20. The third kappa shape index (κ3) is 5.31. The number of hydrogen-bond acceptors (Lipinski definition) is 2. The Morgan fingerprint density at radius 1 is 1.12 bits per heavy atom. The van der Waals surface area contributed by atoms with Gasteiger partial charge in [-0.2, -0.15) is 0 Å². The minimum absolute atomic E-state index is 0.497. The smallest absolute Gasteiger partial charge is 0.0946 e. The Balaban J connectivity index is 2.20. The van der Waals surface area contributed by atoms with Gasteiger partial charge in [-0.3, -0.25) is 0 Å². The van der Waals surface area contributed by atoms with Gasteiger partial charge in [0.05, 0.1) is 6.33 Å². The first-order valence-electron chi connectivity index (χ1n) is 6.29. The zero-order chi connectivity index (χ0) is 12.0. The van der Waals surface area contributed by atoms with Gasteiger partial charge >= 0.3 is 0 Å². The molecule has 0 saturated carbocycles. The molecule has 3 nitrogen and oxygen atoms in total. The van der Waals surface area contributed by atoms with Crippen molar-refractivity contribution >= 4 is 0 Å². The van der Waals surface area contributed by atoms with Gasteiger partial charge in [0, 0.05) is 31.0 Å². The Morgan fingerprint density at radius 2 is 1.88 bits per heavy atom. The number of hydrogen-bond donors (Lipinski definition) is 1. The van der Waals surface area contributed by atoms with Crippen LogP contribution in [0.5, 0.6) is 0 Å². The molecule has 1 heterocycles. The van der Waals surface area contributed by atoms with Gasteiger partial charge in [-0.1, -0.05) is 13.8 Å². The Kier molecular flexibility index (Phi) is 5.53. The lowest BCUT2D eigenvalue weighted by molar-refractivity contribution is 0.386. The molecular weight excluding hydrogens is 198 g/mol. The third-order valence-corrected chi connectivity index (χ3v) is 2.79. The van der Waals surface area contributed by atoms with E-state index in [1.54, 1.807) is 0 Å². The van der Waals surface area contributed by atoms with E-state index in [1.165, 1.54) is 12.8 Å². The summed E-state index contributed by atoms with van der Waals surface area (Å²) in [6.45, 7) is 10.0. The number of rotatable bonds is 7. The topological polar surface area (TPSA) is 29.9 Å². The van der Waals surface area contributed by atoms with Crippen molar-refractivity contribution in [3.8, 4) is 0 Å². The molecule has 0 aliphatic carbocycles. The van der Waals surface area contributed by atoms with Gasteiger partial charge < -0.3 is 9.88 Å². The lowest BCUT2D eigenvalue weighted by atomic mass is 10.0. The second-order valence-corrected chi connectivity index (χ2v) is 5.20. The summed E-state index contributed by atoms with van der Waals surface area (Å²) in [5, 5.41) is 3.62. The Bertz CT molecular complexity index is 267. The molecule has 0 spiro atoms. The first-order chi connectivity index (χ1) is 7.58. The van der Waals surface area contributed by atoms with Gasteiger partial charge in [-0.25, -0.2) is 4.98 Å². The van der Waals surface area contributed by atoms with Crippen LogP contribution in [0.2, 0.25) is 0 Å². The van der Waals surface area contributed by atoms with Crippen molar-refractivity contribution in [2.24, 2.45) is 5.92 Å². The highest BCUT2D eigenvalue weighted by Gasteiger charge is 2.08. The fourth-order valence-corrected chi connectivity index (χ4v) is 1.92. The molecule has 2 atom stereocenters. The highest BCUT2D eigenvalue weighted by atomic mass is 15.1. The lowest BCUT2D eigenvalue weighted by Gasteiger charge is -2.21. The van der Waals surface area contributed by atoms with Crippen molar-refractivity contribution in [1.29, 1.82) is 0 Å². The van der Waals surface area contributed by atoms with Crippen LogP contribution in [0.15, 0.2) is 18.7 Å². The highest BCUT2D eigenvalue weighted by molar-refractivity contribution is 4.77. The molecule has 3 heteroatoms. The number of aromatic nitrogens is 2. The van der Waals surface area contributed by atoms with Gasteiger partial charge in [-0.15, -0.1) is 0 Å². The maximum atomic E-state index is 4.05. The Morgan fingerprint density at radius 3 is 2.44 bits per heavy atom. The summed E-state index contributed by atoms with van der Waals surface area (Å²) in [6.07, 6.45) is 8.26. The van der Waals surface area contributed by atoms with Crippen LogP contribution < -0.4 is 5.32 Å². The summed E-state index contributed by atoms with van der Waals surface area (Å²) in [4.78, 5) is 4.05. The van der Waals surface area contributed by atoms with Gasteiger partial charge in [0.2, 0.25) is 0 Å². The van der Waals surface area contributed by atoms with Crippen LogP contribution in [0, 0.1) is 5.92 Å². The average Bonchev–Trinajstić information content (AvgIpc) is 2.67. The summed E-state index contributed by atoms with van der Waals surface area (Å²) in [5.74, 6) is 0.799. The van der Waals surface area contributed by atoms with Crippen molar-refractivity contribution in [2.45, 2.75) is 59.2 Å². The summed E-state index contributed by atoms with van der Waals surface area (Å²) in [7, 11) is 0. The molecule has 0 aromatic carbocycles. The van der Waals surface area contributed by atoms with E-state index in [1.807, 2.05) is 18.7 Å². The van der Waals surface area contributed by atoms with E-state index in [4.69, 9.17) is 0 Å². The summed E-state index contributed by atoms with van der Waals surface area (Å²) in [6, 6.07) is 1.09. The molecule has 0 saturated heterocycles. The monoisotopic (exact) mass is 223 g/mol. The molecule has 0 bridgehead atoms. The van der Waals surface area contributed by atoms with E-state index in [2.05, 4.69) is 42.6 Å². The molecule has 0 aliphatic rings. The van der Waals surface area contributed by atoms with Crippen LogP contribution in [0.25, 0.3) is 0 Å². The molecule has 16 heavy (non-hydrogen) atoms. The summed E-state index contributed by atoms with van der Waals surface area (Å²) >= 11 is 0. The maximum absolute atomic E-state index is 4.05. The van der Waals surface area contributed by atoms with Crippen molar-refractivity contribution in [3.05, 3.63) is 18.7 Å². The van der Waals surface area contributed by atoms with Crippen molar-refractivity contribution in [3.63, 3.8) is 0 Å². The molecule has 0 radical (unpaired) electrons. The summed E-state index contributed by atoms with van der Waals surface area (Å²) in [5.41, 5.74) is 0. The van der Waals surface area contributed by atoms with E-state index in [0.717, 1.165) is 12.5 Å². The van der Waals surface area contributed by atoms with Crippen LogP contribution in [-0.2, 0) is 6.54 Å². The molecule has 0 amide bonds. The lowest BCUT2D eigenvalue weighted by Crippen LogP contribution is -2.37. The molecule has 2 unspecified atom stereocenters. The molecule has 0 fully saturated rings. The van der Waals surface area contributed by atoms with Crippen molar-refractivity contribution in [2.75, 3.05) is 0 Å². The van der Waals surface area contributed by atoms with E-state index >= 15 is 0 Å². The maximum Gasteiger partial charge on any atom is 0.0946 e. The summed E-state index contributed by atoms with van der Waals surface area (Å²) < 4.78 is 2.12. The van der Waals surface area contributed by atoms with Crippen molar-refractivity contribution < 1.29 is 0 Å². The molecule has 0 aliphatic heterocycles. The Hall–Kier alpha value is -0.830. The number of nitrogens with one attached hydrogen (secondary N) is 1. The zero-order valence-corrected chi connectivity index (χ0v) is 11.0. The van der Waals surface area contributed by atoms with Crippen LogP contribution in [-0.4, -0.2) is 21.6 Å². The van der Waals surface area contributed by atoms with Crippen LogP contribution in [0.1, 0.15) is 40.5 Å². The fraction of sp³-hybridized carbons (Fsp3) is 0.769. The zero-order valence-electron chi connectivity index (χ0n) is 11.0. The largest absolute Gasteiger partial charge is 0.336 e. The normalized spacial score (nSPS) is 15.3. The minimum Gasteiger partial charge on any atom is -0.336 e. The first kappa shape index (κ1) is 13.2. The molecule has 1 N–H and O–H groups in total. The average molecular weight is 223 g/mol. The molecule has 1 aromatic heterocycles. The van der Waals surface area contributed by atoms with Crippen molar-refractivity contribution in [1.82, 2.24) is 14.9 Å². The predicted octanol–water partition coefficient (Wildman–Crippen LogP) is 2.69. The van der Waals surface area contributed by atoms with E-state index in [0.29, 0.717) is 12.1 Å². The van der Waals surface area contributed by atoms with Crippen LogP contribution in [0.3, 0.4) is 0 Å². The van der Waals surface area contributed by atoms with E-state index in [9.17, 15) is 0 Å². The predicted molar refractivity (Wildman–Crippen MR) is 68.4 cm³/mol. The molecule has 1 aromatic rings. The van der Waals surface area contributed by atoms with Gasteiger partial charge in [0.25, 0.3) is 0 Å². The fourth-order valence-electron chi connectivity index (χ4n) is 1.92. The third-order valence-electron chi connectivity index (χ3n) is 2.79. The number of nitrogens with zero attached hydrogens (tertiary/aromatic N) is 2. The SMILES string of the molecule is CC(C)CCC(C)NC(C)Cn1ccnc1. The molecule has 92 valence electrons.